The van der Waals surface area contributed by atoms with E-state index in [9.17, 15) is 30.3 Å². The van der Waals surface area contributed by atoms with Gasteiger partial charge in [-0.05, 0) is 12.1 Å². The number of Topliss-reactive ketones (excluding diaryl/α,β-unsaturated/α-hetero) is 1. The second-order valence-corrected chi connectivity index (χ2v) is 5.28. The molecule has 0 saturated heterocycles. The van der Waals surface area contributed by atoms with Gasteiger partial charge in [-0.25, -0.2) is 0 Å². The molecule has 3 rings (SSSR count). The zero-order chi connectivity index (χ0) is 17.6. The Hall–Kier alpha value is -3.13. The average molecular weight is 334 g/mol. The van der Waals surface area contributed by atoms with Crippen LogP contribution in [0, 0.1) is 0 Å². The van der Waals surface area contributed by atoms with E-state index in [1.807, 2.05) is 0 Å². The van der Waals surface area contributed by atoms with Crippen LogP contribution in [-0.2, 0) is 0 Å². The molecule has 0 amide bonds. The topological polar surface area (TPSA) is 137 Å². The minimum atomic E-state index is -1.68. The van der Waals surface area contributed by atoms with Crippen molar-refractivity contribution >= 4 is 5.78 Å². The molecule has 0 aromatic heterocycles. The Morgan fingerprint density at radius 3 is 2.21 bits per heavy atom. The summed E-state index contributed by atoms with van der Waals surface area (Å²) in [6.07, 6.45) is -2.94. The van der Waals surface area contributed by atoms with Crippen LogP contribution in [0.2, 0.25) is 0 Å². The third kappa shape index (κ3) is 2.33. The first kappa shape index (κ1) is 15.8. The Bertz CT molecular complexity index is 806. The quantitative estimate of drug-likeness (QED) is 0.552. The number of ketones is 1. The predicted molar refractivity (Wildman–Crippen MR) is 79.8 cm³/mol. The monoisotopic (exact) mass is 334 g/mol. The number of aliphatic hydroxyl groups is 1. The summed E-state index contributed by atoms with van der Waals surface area (Å²) in [6.45, 7) is 0. The summed E-state index contributed by atoms with van der Waals surface area (Å²) in [4.78, 5) is 12.3. The number of methoxy groups -OCH3 is 1. The van der Waals surface area contributed by atoms with Crippen molar-refractivity contribution in [1.82, 2.24) is 0 Å². The molecule has 0 radical (unpaired) electrons. The van der Waals surface area contributed by atoms with Gasteiger partial charge in [-0.1, -0.05) is 0 Å². The maximum absolute atomic E-state index is 12.3. The fraction of sp³-hybridized carbons (Fsp3) is 0.188. The molecular formula is C16H14O8. The standard InChI is InChI=1S/C16H14O8/c1-23-16-9(19)2-6(3-10(16)20)15-14(22)13(21)12-8(18)4-7(17)5-11(12)24-15/h2-5,14-15,17-20,22H,1H3/t14-,15+/m1/s1. The summed E-state index contributed by atoms with van der Waals surface area (Å²) in [7, 11) is 1.26. The number of ether oxygens (including phenoxy) is 2. The van der Waals surface area contributed by atoms with Crippen LogP contribution >= 0.6 is 0 Å². The molecule has 5 N–H and O–H groups in total. The van der Waals surface area contributed by atoms with Gasteiger partial charge in [0.05, 0.1) is 7.11 Å². The van der Waals surface area contributed by atoms with E-state index in [1.165, 1.54) is 19.2 Å². The van der Waals surface area contributed by atoms with Crippen molar-refractivity contribution in [3.05, 3.63) is 35.4 Å². The number of hydrogen-bond acceptors (Lipinski definition) is 8. The molecule has 126 valence electrons. The third-order valence-electron chi connectivity index (χ3n) is 3.73. The molecule has 8 heteroatoms. The number of aliphatic hydroxyl groups excluding tert-OH is 1. The van der Waals surface area contributed by atoms with Crippen LogP contribution in [0.1, 0.15) is 22.0 Å². The minimum absolute atomic E-state index is 0.111. The number of rotatable bonds is 2. The molecule has 1 aliphatic heterocycles. The van der Waals surface area contributed by atoms with Gasteiger partial charge in [0.15, 0.2) is 23.7 Å². The fourth-order valence-electron chi connectivity index (χ4n) is 2.66. The van der Waals surface area contributed by atoms with E-state index in [0.717, 1.165) is 12.1 Å². The van der Waals surface area contributed by atoms with E-state index in [1.54, 1.807) is 0 Å². The van der Waals surface area contributed by atoms with Crippen molar-refractivity contribution in [3.63, 3.8) is 0 Å². The lowest BCUT2D eigenvalue weighted by atomic mass is 9.92. The largest absolute Gasteiger partial charge is 0.508 e. The van der Waals surface area contributed by atoms with Crippen LogP contribution in [0.3, 0.4) is 0 Å². The maximum atomic E-state index is 12.3. The van der Waals surface area contributed by atoms with Gasteiger partial charge in [0, 0.05) is 17.7 Å². The predicted octanol–water partition coefficient (Wildman–Crippen LogP) is 1.19. The molecule has 2 aromatic carbocycles. The van der Waals surface area contributed by atoms with Gasteiger partial charge in [0.1, 0.15) is 22.8 Å². The Morgan fingerprint density at radius 1 is 1.00 bits per heavy atom. The second-order valence-electron chi connectivity index (χ2n) is 5.28. The highest BCUT2D eigenvalue weighted by atomic mass is 16.5. The number of aromatic hydroxyl groups is 4. The summed E-state index contributed by atoms with van der Waals surface area (Å²) in [5, 5.41) is 49.2. The van der Waals surface area contributed by atoms with Gasteiger partial charge in [0.2, 0.25) is 11.5 Å². The first-order chi connectivity index (χ1) is 11.3. The van der Waals surface area contributed by atoms with Gasteiger partial charge in [0.25, 0.3) is 0 Å². The molecule has 24 heavy (non-hydrogen) atoms. The number of carbonyl (C=O) groups is 1. The molecule has 0 saturated carbocycles. The molecule has 2 atom stereocenters. The molecule has 1 heterocycles. The van der Waals surface area contributed by atoms with Gasteiger partial charge in [-0.3, -0.25) is 4.79 Å². The highest BCUT2D eigenvalue weighted by Crippen LogP contribution is 2.44. The lowest BCUT2D eigenvalue weighted by Gasteiger charge is -2.30. The maximum Gasteiger partial charge on any atom is 0.202 e. The number of carbonyl (C=O) groups excluding carboxylic acids is 1. The van der Waals surface area contributed by atoms with Crippen LogP contribution in [-0.4, -0.2) is 44.5 Å². The smallest absolute Gasteiger partial charge is 0.202 e. The molecule has 0 aliphatic carbocycles. The first-order valence-electron chi connectivity index (χ1n) is 6.88. The Kier molecular flexibility index (Phi) is 3.61. The lowest BCUT2D eigenvalue weighted by Crippen LogP contribution is -2.36. The van der Waals surface area contributed by atoms with E-state index in [0.29, 0.717) is 0 Å². The van der Waals surface area contributed by atoms with Crippen LogP contribution in [0.4, 0.5) is 0 Å². The van der Waals surface area contributed by atoms with E-state index < -0.39 is 35.2 Å². The van der Waals surface area contributed by atoms with Crippen molar-refractivity contribution in [3.8, 4) is 34.5 Å². The van der Waals surface area contributed by atoms with Crippen LogP contribution in [0.25, 0.3) is 0 Å². The molecule has 0 bridgehead atoms. The summed E-state index contributed by atoms with van der Waals surface area (Å²) in [5.41, 5.74) is -0.140. The zero-order valence-corrected chi connectivity index (χ0v) is 12.4. The molecular weight excluding hydrogens is 320 g/mol. The second kappa shape index (κ2) is 5.50. The van der Waals surface area contributed by atoms with Crippen molar-refractivity contribution in [2.24, 2.45) is 0 Å². The van der Waals surface area contributed by atoms with Gasteiger partial charge in [-0.2, -0.15) is 0 Å². The number of hydrogen-bond donors (Lipinski definition) is 5. The van der Waals surface area contributed by atoms with Gasteiger partial charge >= 0.3 is 0 Å². The van der Waals surface area contributed by atoms with E-state index >= 15 is 0 Å². The lowest BCUT2D eigenvalue weighted by molar-refractivity contribution is 0.0209. The molecule has 8 nitrogen and oxygen atoms in total. The van der Waals surface area contributed by atoms with Crippen LogP contribution in [0.15, 0.2) is 24.3 Å². The molecule has 0 fully saturated rings. The minimum Gasteiger partial charge on any atom is -0.508 e. The van der Waals surface area contributed by atoms with Crippen LogP contribution < -0.4 is 9.47 Å². The van der Waals surface area contributed by atoms with Crippen LogP contribution in [0.5, 0.6) is 34.5 Å². The Morgan fingerprint density at radius 2 is 1.62 bits per heavy atom. The van der Waals surface area contributed by atoms with Crippen molar-refractivity contribution in [2.45, 2.75) is 12.2 Å². The SMILES string of the molecule is COc1c(O)cc([C@@H]2Oc3cc(O)cc(O)c3C(=O)[C@H]2O)cc1O. The molecule has 0 spiro atoms. The Balaban J connectivity index is 2.09. The molecule has 0 unspecified atom stereocenters. The number of phenols is 4. The summed E-state index contributed by atoms with van der Waals surface area (Å²) in [6, 6.07) is 4.42. The first-order valence-corrected chi connectivity index (χ1v) is 6.88. The van der Waals surface area contributed by atoms with Crippen molar-refractivity contribution in [2.75, 3.05) is 7.11 Å². The molecule has 2 aromatic rings. The number of phenolic OH excluding ortho intramolecular Hbond substituents is 4. The number of fused-ring (bicyclic) bond motifs is 1. The van der Waals surface area contributed by atoms with Gasteiger partial charge in [-0.15, -0.1) is 0 Å². The third-order valence-corrected chi connectivity index (χ3v) is 3.73. The van der Waals surface area contributed by atoms with E-state index in [2.05, 4.69) is 0 Å². The van der Waals surface area contributed by atoms with Crippen molar-refractivity contribution < 1.29 is 39.8 Å². The summed E-state index contributed by atoms with van der Waals surface area (Å²) >= 11 is 0. The highest BCUT2D eigenvalue weighted by molar-refractivity contribution is 6.05. The average Bonchev–Trinajstić information content (AvgIpc) is 2.49. The molecule has 1 aliphatic rings. The zero-order valence-electron chi connectivity index (χ0n) is 12.4. The summed E-state index contributed by atoms with van der Waals surface area (Å²) in [5.74, 6) is -2.75. The fourth-order valence-corrected chi connectivity index (χ4v) is 2.66. The van der Waals surface area contributed by atoms with E-state index in [-0.39, 0.29) is 28.4 Å². The van der Waals surface area contributed by atoms with E-state index in [4.69, 9.17) is 9.47 Å². The highest BCUT2D eigenvalue weighted by Gasteiger charge is 2.39. The normalized spacial score (nSPS) is 19.5. The summed E-state index contributed by atoms with van der Waals surface area (Å²) < 4.78 is 10.3. The van der Waals surface area contributed by atoms with Crippen molar-refractivity contribution in [1.29, 1.82) is 0 Å². The Labute approximate surface area is 135 Å². The van der Waals surface area contributed by atoms with Gasteiger partial charge < -0.3 is 35.0 Å². The number of benzene rings is 2.